The Morgan fingerprint density at radius 3 is 2.87 bits per heavy atom. The summed E-state index contributed by atoms with van der Waals surface area (Å²) in [6.07, 6.45) is 0.724. The second-order valence-corrected chi connectivity index (χ2v) is 8.03. The molecule has 1 saturated heterocycles. The highest BCUT2D eigenvalue weighted by Gasteiger charge is 2.36. The molecule has 1 aliphatic rings. The second-order valence-electron chi connectivity index (χ2n) is 5.80. The van der Waals surface area contributed by atoms with E-state index in [0.717, 1.165) is 4.31 Å². The van der Waals surface area contributed by atoms with Gasteiger partial charge in [-0.15, -0.1) is 0 Å². The lowest BCUT2D eigenvalue weighted by Gasteiger charge is -2.18. The van der Waals surface area contributed by atoms with Crippen molar-refractivity contribution in [2.24, 2.45) is 5.92 Å². The molecule has 0 amide bonds. The number of nitrogens with two attached hydrogens (primary N) is 1. The first-order valence-corrected chi connectivity index (χ1v) is 8.68. The van der Waals surface area contributed by atoms with E-state index >= 15 is 0 Å². The van der Waals surface area contributed by atoms with Crippen molar-refractivity contribution in [1.29, 1.82) is 0 Å². The zero-order valence-corrected chi connectivity index (χ0v) is 13.7. The summed E-state index contributed by atoms with van der Waals surface area (Å²) in [6.45, 7) is 0.636. The molecular formula is C12H19N7O3S. The Balaban J connectivity index is 1.87. The number of β-amino-alcohol motifs (C(OH)–C–C–N with tert-alkyl or cyclic N) is 1. The molecule has 0 unspecified atom stereocenters. The van der Waals surface area contributed by atoms with Crippen molar-refractivity contribution in [3.05, 3.63) is 6.33 Å². The number of H-pyrrole nitrogens is 1. The first-order valence-electron chi connectivity index (χ1n) is 7.07. The molecule has 3 rings (SSSR count). The van der Waals surface area contributed by atoms with E-state index < -0.39 is 22.0 Å². The highest BCUT2D eigenvalue weighted by atomic mass is 32.2. The highest BCUT2D eigenvalue weighted by molar-refractivity contribution is 7.89. The molecule has 4 N–H and O–H groups in total. The molecule has 0 aromatic carbocycles. The molecule has 0 spiro atoms. The number of fused-ring (bicyclic) bond motifs is 1. The molecule has 23 heavy (non-hydrogen) atoms. The summed E-state index contributed by atoms with van der Waals surface area (Å²) >= 11 is 0. The van der Waals surface area contributed by atoms with Crippen LogP contribution in [0.5, 0.6) is 0 Å². The predicted octanol–water partition coefficient (Wildman–Crippen LogP) is -1.38. The summed E-state index contributed by atoms with van der Waals surface area (Å²) in [5, 5.41) is 10.2. The topological polar surface area (TPSA) is 141 Å². The van der Waals surface area contributed by atoms with Crippen LogP contribution < -0.4 is 10.6 Å². The molecule has 0 radical (unpaired) electrons. The van der Waals surface area contributed by atoms with Crippen LogP contribution in [0.1, 0.15) is 0 Å². The fraction of sp³-hybridized carbons (Fsp3) is 0.583. The SMILES string of the molecule is CN(C)S(=O)(=O)C[C@@H]1CN(c2nc(N)nc3nc[nH]c23)C[C@H]1O. The molecule has 2 aromatic rings. The Kier molecular flexibility index (Phi) is 3.86. The van der Waals surface area contributed by atoms with E-state index in [-0.39, 0.29) is 18.2 Å². The number of aromatic nitrogens is 4. The summed E-state index contributed by atoms with van der Waals surface area (Å²) < 4.78 is 25.2. The van der Waals surface area contributed by atoms with E-state index in [1.54, 1.807) is 4.90 Å². The third kappa shape index (κ3) is 2.94. The van der Waals surface area contributed by atoms with Gasteiger partial charge in [-0.05, 0) is 0 Å². The Labute approximate surface area is 133 Å². The van der Waals surface area contributed by atoms with Crippen LogP contribution >= 0.6 is 0 Å². The smallest absolute Gasteiger partial charge is 0.224 e. The highest BCUT2D eigenvalue weighted by Crippen LogP contribution is 2.28. The Morgan fingerprint density at radius 2 is 2.17 bits per heavy atom. The molecule has 1 aliphatic heterocycles. The number of anilines is 2. The zero-order valence-electron chi connectivity index (χ0n) is 12.8. The quantitative estimate of drug-likeness (QED) is 0.618. The molecule has 0 bridgehead atoms. The van der Waals surface area contributed by atoms with Gasteiger partial charge in [0.2, 0.25) is 16.0 Å². The van der Waals surface area contributed by atoms with E-state index in [1.807, 2.05) is 0 Å². The molecular weight excluding hydrogens is 322 g/mol. The van der Waals surface area contributed by atoms with Crippen molar-refractivity contribution in [3.8, 4) is 0 Å². The molecule has 0 aliphatic carbocycles. The molecule has 1 fully saturated rings. The standard InChI is InChI=1S/C12H19N7O3S/c1-18(2)23(21,22)5-7-3-19(4-8(7)20)11-9-10(15-6-14-9)16-12(13)17-11/h6-8,20H,3-5H2,1-2H3,(H3,13,14,15,16,17)/t7-,8+/m0/s1. The van der Waals surface area contributed by atoms with E-state index in [2.05, 4.69) is 19.9 Å². The van der Waals surface area contributed by atoms with Crippen LogP contribution in [0.2, 0.25) is 0 Å². The maximum Gasteiger partial charge on any atom is 0.224 e. The number of nitrogen functional groups attached to an aromatic ring is 1. The van der Waals surface area contributed by atoms with E-state index in [4.69, 9.17) is 5.73 Å². The summed E-state index contributed by atoms with van der Waals surface area (Å²) in [5.74, 6) is 0.0773. The molecule has 126 valence electrons. The van der Waals surface area contributed by atoms with Crippen LogP contribution in [-0.2, 0) is 10.0 Å². The van der Waals surface area contributed by atoms with Crippen LogP contribution in [0, 0.1) is 5.92 Å². The van der Waals surface area contributed by atoms with Crippen molar-refractivity contribution >= 4 is 33.0 Å². The third-order valence-corrected chi connectivity index (χ3v) is 5.93. The molecule has 2 atom stereocenters. The van der Waals surface area contributed by atoms with Crippen molar-refractivity contribution in [3.63, 3.8) is 0 Å². The number of aromatic amines is 1. The minimum Gasteiger partial charge on any atom is -0.391 e. The average molecular weight is 341 g/mol. The van der Waals surface area contributed by atoms with Crippen molar-refractivity contribution < 1.29 is 13.5 Å². The van der Waals surface area contributed by atoms with Crippen LogP contribution in [0.4, 0.5) is 11.8 Å². The first-order chi connectivity index (χ1) is 10.8. The van der Waals surface area contributed by atoms with Gasteiger partial charge in [0.05, 0.1) is 18.2 Å². The van der Waals surface area contributed by atoms with Crippen LogP contribution in [0.25, 0.3) is 11.2 Å². The number of imidazole rings is 1. The van der Waals surface area contributed by atoms with Gasteiger partial charge in [-0.25, -0.2) is 17.7 Å². The molecule has 11 heteroatoms. The normalized spacial score (nSPS) is 22.3. The molecule has 2 aromatic heterocycles. The van der Waals surface area contributed by atoms with Gasteiger partial charge in [0.1, 0.15) is 5.52 Å². The maximum absolute atomic E-state index is 12.0. The number of nitrogens with one attached hydrogen (secondary N) is 1. The van der Waals surface area contributed by atoms with Gasteiger partial charge in [-0.3, -0.25) is 0 Å². The van der Waals surface area contributed by atoms with Crippen molar-refractivity contribution in [2.75, 3.05) is 43.6 Å². The number of hydrogen-bond acceptors (Lipinski definition) is 8. The van der Waals surface area contributed by atoms with Gasteiger partial charge in [0.15, 0.2) is 11.5 Å². The number of sulfonamides is 1. The number of nitrogens with zero attached hydrogens (tertiary/aromatic N) is 5. The van der Waals surface area contributed by atoms with Gasteiger partial charge >= 0.3 is 0 Å². The Hall–Kier alpha value is -1.98. The number of aliphatic hydroxyl groups excluding tert-OH is 1. The van der Waals surface area contributed by atoms with Gasteiger partial charge in [-0.1, -0.05) is 0 Å². The Morgan fingerprint density at radius 1 is 1.43 bits per heavy atom. The monoisotopic (exact) mass is 341 g/mol. The predicted molar refractivity (Wildman–Crippen MR) is 85.3 cm³/mol. The van der Waals surface area contributed by atoms with Crippen LogP contribution in [0.15, 0.2) is 6.33 Å². The van der Waals surface area contributed by atoms with E-state index in [1.165, 1.54) is 20.4 Å². The summed E-state index contributed by atoms with van der Waals surface area (Å²) in [7, 11) is -0.431. The molecule has 3 heterocycles. The summed E-state index contributed by atoms with van der Waals surface area (Å²) in [5.41, 5.74) is 6.74. The lowest BCUT2D eigenvalue weighted by atomic mass is 10.1. The first kappa shape index (κ1) is 15.9. The Bertz CT molecular complexity index is 819. The fourth-order valence-electron chi connectivity index (χ4n) is 2.67. The lowest BCUT2D eigenvalue weighted by molar-refractivity contribution is 0.157. The number of rotatable bonds is 4. The van der Waals surface area contributed by atoms with Crippen LogP contribution in [0.3, 0.4) is 0 Å². The number of hydrogen-bond donors (Lipinski definition) is 3. The van der Waals surface area contributed by atoms with Gasteiger partial charge in [0, 0.05) is 33.1 Å². The maximum atomic E-state index is 12.0. The largest absolute Gasteiger partial charge is 0.391 e. The number of aliphatic hydroxyl groups is 1. The lowest BCUT2D eigenvalue weighted by Crippen LogP contribution is -2.33. The summed E-state index contributed by atoms with van der Waals surface area (Å²) in [6, 6.07) is 0. The molecule has 10 nitrogen and oxygen atoms in total. The van der Waals surface area contributed by atoms with Crippen LogP contribution in [-0.4, -0.2) is 76.8 Å². The third-order valence-electron chi connectivity index (χ3n) is 3.97. The minimum atomic E-state index is -3.39. The molecule has 0 saturated carbocycles. The minimum absolute atomic E-state index is 0.0819. The van der Waals surface area contributed by atoms with Gasteiger partial charge in [-0.2, -0.15) is 9.97 Å². The van der Waals surface area contributed by atoms with E-state index in [0.29, 0.717) is 23.5 Å². The zero-order chi connectivity index (χ0) is 16.8. The van der Waals surface area contributed by atoms with Crippen molar-refractivity contribution in [1.82, 2.24) is 24.2 Å². The fourth-order valence-corrected chi connectivity index (χ4v) is 3.84. The van der Waals surface area contributed by atoms with Crippen molar-refractivity contribution in [2.45, 2.75) is 6.10 Å². The van der Waals surface area contributed by atoms with Gasteiger partial charge in [0.25, 0.3) is 0 Å². The second kappa shape index (κ2) is 5.58. The van der Waals surface area contributed by atoms with E-state index in [9.17, 15) is 13.5 Å². The summed E-state index contributed by atoms with van der Waals surface area (Å²) in [4.78, 5) is 17.0. The van der Waals surface area contributed by atoms with Gasteiger partial charge < -0.3 is 20.7 Å². The average Bonchev–Trinajstić information content (AvgIpc) is 3.04.